The molecule has 7 heteroatoms. The molecule has 0 aromatic heterocycles. The summed E-state index contributed by atoms with van der Waals surface area (Å²) in [4.78, 5) is 36.3. The molecule has 7 nitrogen and oxygen atoms in total. The first-order valence-corrected chi connectivity index (χ1v) is 15.2. The second-order valence-corrected chi connectivity index (χ2v) is 9.61. The number of carbonyl (C=O) groups excluding carboxylic acids is 2. The third kappa shape index (κ3) is 19.5. The van der Waals surface area contributed by atoms with Gasteiger partial charge in [0.15, 0.2) is 0 Å². The highest BCUT2D eigenvalue weighted by Gasteiger charge is 2.27. The molecule has 42 heavy (non-hydrogen) atoms. The molecule has 0 radical (unpaired) electrons. The summed E-state index contributed by atoms with van der Waals surface area (Å²) in [6, 6.07) is 0. The van der Waals surface area contributed by atoms with Crippen LogP contribution in [0.4, 0.5) is 0 Å². The molecule has 2 N–H and O–H groups in total. The summed E-state index contributed by atoms with van der Waals surface area (Å²) >= 11 is 0. The molecule has 0 saturated carbocycles. The summed E-state index contributed by atoms with van der Waals surface area (Å²) in [6.07, 6.45) is 26.4. The van der Waals surface area contributed by atoms with Crippen LogP contribution >= 0.6 is 0 Å². The number of hydrogen-bond donors (Lipinski definition) is 2. The minimum absolute atomic E-state index is 0.123. The topological polar surface area (TPSA) is 90.0 Å². The van der Waals surface area contributed by atoms with Crippen molar-refractivity contribution in [3.63, 3.8) is 0 Å². The van der Waals surface area contributed by atoms with Gasteiger partial charge in [0.1, 0.15) is 0 Å². The average molecular weight is 586 g/mol. The smallest absolute Gasteiger partial charge is 0.290 e. The largest absolute Gasteiger partial charge is 0.483 e. The molecular weight excluding hydrogens is 526 g/mol. The number of amides is 2. The summed E-state index contributed by atoms with van der Waals surface area (Å²) in [5.74, 6) is 1.11. The molecule has 1 fully saturated rings. The molecule has 0 aromatic rings. The zero-order valence-corrected chi connectivity index (χ0v) is 27.9. The lowest BCUT2D eigenvalue weighted by molar-refractivity contribution is -0.129. The molecule has 2 rings (SSSR count). The molecule has 2 aliphatic rings. The van der Waals surface area contributed by atoms with Gasteiger partial charge in [-0.25, -0.2) is 0 Å². The zero-order chi connectivity index (χ0) is 32.9. The maximum Gasteiger partial charge on any atom is 0.290 e. The molecule has 1 aliphatic carbocycles. The van der Waals surface area contributed by atoms with Crippen LogP contribution in [0.1, 0.15) is 88.0 Å². The number of allylic oxidation sites excluding steroid dienone is 8. The van der Waals surface area contributed by atoms with Crippen LogP contribution in [-0.4, -0.2) is 65.9 Å². The van der Waals surface area contributed by atoms with Crippen molar-refractivity contribution in [3.05, 3.63) is 59.4 Å². The molecule has 2 amide bonds. The average Bonchev–Trinajstić information content (AvgIpc) is 3.36. The molecule has 1 aliphatic heterocycles. The number of terminal acetylenes is 1. The van der Waals surface area contributed by atoms with Gasteiger partial charge in [0.2, 0.25) is 11.8 Å². The fourth-order valence-corrected chi connectivity index (χ4v) is 4.08. The normalized spacial score (nSPS) is 16.2. The highest BCUT2D eigenvalue weighted by atomic mass is 16.3. The Morgan fingerprint density at radius 3 is 2.29 bits per heavy atom. The Labute approximate surface area is 257 Å². The van der Waals surface area contributed by atoms with E-state index in [1.807, 2.05) is 59.4 Å². The predicted octanol–water partition coefficient (Wildman–Crippen LogP) is 7.00. The van der Waals surface area contributed by atoms with Gasteiger partial charge in [-0.2, -0.15) is 0 Å². The van der Waals surface area contributed by atoms with E-state index in [2.05, 4.69) is 73.4 Å². The third-order valence-electron chi connectivity index (χ3n) is 7.05. The lowest BCUT2D eigenvalue weighted by Gasteiger charge is -2.24. The molecule has 2 unspecified atom stereocenters. The van der Waals surface area contributed by atoms with Crippen molar-refractivity contribution < 1.29 is 19.5 Å². The second-order valence-electron chi connectivity index (χ2n) is 9.61. The van der Waals surface area contributed by atoms with Crippen molar-refractivity contribution in [2.75, 3.05) is 32.7 Å². The van der Waals surface area contributed by atoms with Gasteiger partial charge in [-0.3, -0.25) is 14.4 Å². The monoisotopic (exact) mass is 585 g/mol. The van der Waals surface area contributed by atoms with Gasteiger partial charge < -0.3 is 20.2 Å². The van der Waals surface area contributed by atoms with Gasteiger partial charge in [0.05, 0.1) is 0 Å². The summed E-state index contributed by atoms with van der Waals surface area (Å²) in [6.45, 7) is 22.4. The van der Waals surface area contributed by atoms with Crippen LogP contribution in [-0.2, 0) is 14.4 Å². The van der Waals surface area contributed by atoms with Crippen LogP contribution in [0.15, 0.2) is 59.4 Å². The lowest BCUT2D eigenvalue weighted by Crippen LogP contribution is -2.36. The summed E-state index contributed by atoms with van der Waals surface area (Å²) in [5, 5.41) is 9.86. The highest BCUT2D eigenvalue weighted by molar-refractivity contribution is 5.79. The Morgan fingerprint density at radius 1 is 1.14 bits per heavy atom. The molecule has 0 aromatic carbocycles. The van der Waals surface area contributed by atoms with E-state index in [1.165, 1.54) is 11.3 Å². The Balaban J connectivity index is -0.000000604. The van der Waals surface area contributed by atoms with Gasteiger partial charge in [-0.15, -0.1) is 12.8 Å². The number of carboxylic acid groups (broad SMARTS) is 1. The van der Waals surface area contributed by atoms with Crippen molar-refractivity contribution in [1.82, 2.24) is 15.1 Å². The number of rotatable bonds is 10. The molecule has 0 spiro atoms. The van der Waals surface area contributed by atoms with E-state index in [9.17, 15) is 9.59 Å². The maximum absolute atomic E-state index is 12.1. The van der Waals surface area contributed by atoms with Crippen LogP contribution in [0.5, 0.6) is 0 Å². The molecule has 1 heterocycles. The summed E-state index contributed by atoms with van der Waals surface area (Å²) in [7, 11) is 0. The van der Waals surface area contributed by atoms with E-state index >= 15 is 0 Å². The quantitative estimate of drug-likeness (QED) is 0.164. The maximum atomic E-state index is 12.1. The second kappa shape index (κ2) is 29.0. The lowest BCUT2D eigenvalue weighted by atomic mass is 9.95. The van der Waals surface area contributed by atoms with Crippen molar-refractivity contribution >= 4 is 18.3 Å². The minimum atomic E-state index is -0.250. The summed E-state index contributed by atoms with van der Waals surface area (Å²) < 4.78 is 0. The predicted molar refractivity (Wildman–Crippen MR) is 179 cm³/mol. The number of hydrogen-bond acceptors (Lipinski definition) is 4. The molecule has 1 saturated heterocycles. The van der Waals surface area contributed by atoms with Crippen LogP contribution in [0.25, 0.3) is 0 Å². The van der Waals surface area contributed by atoms with Crippen LogP contribution in [0.3, 0.4) is 0 Å². The molecule has 0 bridgehead atoms. The van der Waals surface area contributed by atoms with E-state index in [0.29, 0.717) is 12.3 Å². The Kier molecular flexibility index (Phi) is 29.6. The van der Waals surface area contributed by atoms with Crippen LogP contribution < -0.4 is 5.32 Å². The number of carbonyl (C=O) groups is 3. The molecule has 238 valence electrons. The first-order chi connectivity index (χ1) is 20.2. The Hall–Kier alpha value is -3.53. The first-order valence-electron chi connectivity index (χ1n) is 15.2. The first kappa shape index (κ1) is 42.9. The number of likely N-dealkylation sites (tertiary alicyclic amines) is 1. The highest BCUT2D eigenvalue weighted by Crippen LogP contribution is 2.28. The van der Waals surface area contributed by atoms with Gasteiger partial charge in [0, 0.05) is 50.8 Å². The minimum Gasteiger partial charge on any atom is -0.483 e. The SMILES string of the molecule is C#C.C/C=C(/C)CC(=O)N1CCC(C2=CC=CC=CC2)C1.C/C=C(\C)N(CC)CCNC(=O)C(C)CC.CC.O=CO. The number of likely N-dealkylation sites (N-methyl/N-ethyl adjacent to an activating group) is 1. The fraction of sp³-hybridized carbons (Fsp3) is 0.571. The van der Waals surface area contributed by atoms with Gasteiger partial charge in [-0.1, -0.05) is 81.4 Å². The van der Waals surface area contributed by atoms with Crippen LogP contribution in [0, 0.1) is 24.7 Å². The number of nitrogens with zero attached hydrogens (tertiary/aromatic N) is 2. The molecule has 2 atom stereocenters. The zero-order valence-electron chi connectivity index (χ0n) is 27.9. The van der Waals surface area contributed by atoms with Gasteiger partial charge >= 0.3 is 0 Å². The Morgan fingerprint density at radius 2 is 1.76 bits per heavy atom. The van der Waals surface area contributed by atoms with E-state index in [1.54, 1.807) is 0 Å². The van der Waals surface area contributed by atoms with Crippen molar-refractivity contribution in [3.8, 4) is 12.8 Å². The fourth-order valence-electron chi connectivity index (χ4n) is 4.08. The third-order valence-corrected chi connectivity index (χ3v) is 7.05. The van der Waals surface area contributed by atoms with Crippen molar-refractivity contribution in [2.24, 2.45) is 11.8 Å². The standard InChI is InChI=1S/C17H23NO.C13H26N2O.C2H6.C2H2.CH2O2/c1-3-14(2)12-17(19)18-11-10-16(13-18)15-8-6-4-5-7-9-15;1-6-11(4)13(16)14-9-10-15(8-3)12(5)7-2;2*1-2;2-1-3/h3-8,16H,9-13H2,1-2H3;7,11H,6,8-10H2,1-5H3,(H,14,16);1-2H3;1-2H;1H,(H,2,3)/b14-3-;12-7+;;;. The van der Waals surface area contributed by atoms with Crippen LogP contribution in [0.2, 0.25) is 0 Å². The Bertz CT molecular complexity index is 912. The summed E-state index contributed by atoms with van der Waals surface area (Å²) in [5.41, 5.74) is 3.89. The van der Waals surface area contributed by atoms with E-state index in [-0.39, 0.29) is 24.2 Å². The van der Waals surface area contributed by atoms with Gasteiger partial charge in [-0.05, 0) is 59.8 Å². The number of nitrogens with one attached hydrogen (secondary N) is 1. The van der Waals surface area contributed by atoms with E-state index in [4.69, 9.17) is 9.90 Å². The van der Waals surface area contributed by atoms with Crippen molar-refractivity contribution in [2.45, 2.75) is 88.0 Å². The van der Waals surface area contributed by atoms with Gasteiger partial charge in [0.25, 0.3) is 6.47 Å². The molecular formula is C35H59N3O4. The van der Waals surface area contributed by atoms with E-state index < -0.39 is 0 Å². The van der Waals surface area contributed by atoms with E-state index in [0.717, 1.165) is 57.6 Å². The van der Waals surface area contributed by atoms with Crippen molar-refractivity contribution in [1.29, 1.82) is 0 Å².